The molecule has 0 aliphatic heterocycles. The highest BCUT2D eigenvalue weighted by molar-refractivity contribution is 6.17. The zero-order chi connectivity index (χ0) is 10.7. The van der Waals surface area contributed by atoms with Gasteiger partial charge in [0.05, 0.1) is 22.4 Å². The van der Waals surface area contributed by atoms with Crippen LogP contribution in [-0.2, 0) is 5.88 Å². The van der Waals surface area contributed by atoms with Crippen molar-refractivity contribution >= 4 is 17.3 Å². The molecule has 0 aliphatic carbocycles. The SMILES string of the molecule is N#Cc1cc(CCl)c(F)c([N+](=O)[O-])c1. The number of nitro benzene ring substituents is 1. The third kappa shape index (κ3) is 1.80. The smallest absolute Gasteiger partial charge is 0.258 e. The third-order valence-electron chi connectivity index (χ3n) is 1.60. The number of rotatable bonds is 2. The molecular formula is C8H4ClFN2O2. The Hall–Kier alpha value is -1.67. The number of alkyl halides is 1. The predicted molar refractivity (Wildman–Crippen MR) is 47.3 cm³/mol. The Balaban J connectivity index is 3.44. The van der Waals surface area contributed by atoms with Gasteiger partial charge in [-0.25, -0.2) is 0 Å². The number of nitriles is 1. The van der Waals surface area contributed by atoms with Crippen LogP contribution in [0.3, 0.4) is 0 Å². The quantitative estimate of drug-likeness (QED) is 0.431. The van der Waals surface area contributed by atoms with Crippen molar-refractivity contribution in [3.63, 3.8) is 0 Å². The lowest BCUT2D eigenvalue weighted by atomic mass is 10.1. The van der Waals surface area contributed by atoms with E-state index in [1.165, 1.54) is 6.07 Å². The van der Waals surface area contributed by atoms with Crippen LogP contribution < -0.4 is 0 Å². The van der Waals surface area contributed by atoms with Gasteiger partial charge in [-0.15, -0.1) is 11.6 Å². The van der Waals surface area contributed by atoms with E-state index in [0.29, 0.717) is 0 Å². The van der Waals surface area contributed by atoms with Crippen LogP contribution in [0.25, 0.3) is 0 Å². The topological polar surface area (TPSA) is 66.9 Å². The maximum absolute atomic E-state index is 13.2. The fourth-order valence-corrected chi connectivity index (χ4v) is 1.16. The number of hydrogen-bond donors (Lipinski definition) is 0. The van der Waals surface area contributed by atoms with Crippen LogP contribution in [0.4, 0.5) is 10.1 Å². The molecule has 0 amide bonds. The molecule has 1 aromatic carbocycles. The summed E-state index contributed by atoms with van der Waals surface area (Å²) in [5, 5.41) is 18.9. The maximum Gasteiger partial charge on any atom is 0.306 e. The van der Waals surface area contributed by atoms with Crippen molar-refractivity contribution in [2.24, 2.45) is 0 Å². The van der Waals surface area contributed by atoms with Gasteiger partial charge >= 0.3 is 5.69 Å². The Morgan fingerprint density at radius 3 is 2.71 bits per heavy atom. The summed E-state index contributed by atoms with van der Waals surface area (Å²) < 4.78 is 13.2. The number of halogens is 2. The molecular weight excluding hydrogens is 211 g/mol. The highest BCUT2D eigenvalue weighted by Gasteiger charge is 2.18. The summed E-state index contributed by atoms with van der Waals surface area (Å²) in [4.78, 5) is 9.49. The second kappa shape index (κ2) is 4.03. The minimum atomic E-state index is -0.982. The van der Waals surface area contributed by atoms with E-state index >= 15 is 0 Å². The first-order valence-electron chi connectivity index (χ1n) is 3.53. The van der Waals surface area contributed by atoms with Gasteiger partial charge in [0.15, 0.2) is 0 Å². The molecule has 0 radical (unpaired) electrons. The molecule has 0 saturated carbocycles. The molecule has 0 unspecified atom stereocenters. The lowest BCUT2D eigenvalue weighted by Crippen LogP contribution is -1.97. The zero-order valence-electron chi connectivity index (χ0n) is 6.83. The Bertz CT molecular complexity index is 428. The number of nitrogens with zero attached hydrogens (tertiary/aromatic N) is 2. The van der Waals surface area contributed by atoms with Gasteiger partial charge in [0.25, 0.3) is 0 Å². The first kappa shape index (κ1) is 10.4. The average Bonchev–Trinajstić information content (AvgIpc) is 2.17. The number of benzene rings is 1. The summed E-state index contributed by atoms with van der Waals surface area (Å²) in [5.74, 6) is -1.19. The van der Waals surface area contributed by atoms with E-state index in [-0.39, 0.29) is 17.0 Å². The Kier molecular flexibility index (Phi) is 2.99. The van der Waals surface area contributed by atoms with Crippen molar-refractivity contribution < 1.29 is 9.31 Å². The first-order chi connectivity index (χ1) is 6.60. The Morgan fingerprint density at radius 1 is 1.64 bits per heavy atom. The van der Waals surface area contributed by atoms with Crippen LogP contribution >= 0.6 is 11.6 Å². The largest absolute Gasteiger partial charge is 0.306 e. The molecule has 0 heterocycles. The lowest BCUT2D eigenvalue weighted by Gasteiger charge is -2.00. The van der Waals surface area contributed by atoms with Crippen molar-refractivity contribution in [2.45, 2.75) is 5.88 Å². The van der Waals surface area contributed by atoms with Crippen molar-refractivity contribution in [1.82, 2.24) is 0 Å². The molecule has 0 N–H and O–H groups in total. The molecule has 0 aliphatic rings. The van der Waals surface area contributed by atoms with Gasteiger partial charge in [-0.2, -0.15) is 9.65 Å². The second-order valence-corrected chi connectivity index (χ2v) is 2.74. The highest BCUT2D eigenvalue weighted by Crippen LogP contribution is 2.23. The fraction of sp³-hybridized carbons (Fsp3) is 0.125. The Labute approximate surface area is 83.7 Å². The lowest BCUT2D eigenvalue weighted by molar-refractivity contribution is -0.387. The van der Waals surface area contributed by atoms with Gasteiger partial charge in [0.1, 0.15) is 0 Å². The molecule has 0 fully saturated rings. The number of hydrogen-bond acceptors (Lipinski definition) is 3. The minimum Gasteiger partial charge on any atom is -0.258 e. The van der Waals surface area contributed by atoms with E-state index in [1.54, 1.807) is 6.07 Å². The summed E-state index contributed by atoms with van der Waals surface area (Å²) in [6.07, 6.45) is 0. The van der Waals surface area contributed by atoms with Crippen LogP contribution in [-0.4, -0.2) is 4.92 Å². The van der Waals surface area contributed by atoms with Gasteiger partial charge in [0.2, 0.25) is 5.82 Å². The van der Waals surface area contributed by atoms with Gasteiger partial charge in [-0.1, -0.05) is 0 Å². The van der Waals surface area contributed by atoms with Gasteiger partial charge in [-0.3, -0.25) is 10.1 Å². The first-order valence-corrected chi connectivity index (χ1v) is 4.06. The summed E-state index contributed by atoms with van der Waals surface area (Å²) in [5.41, 5.74) is -0.745. The van der Waals surface area contributed by atoms with Crippen LogP contribution in [0, 0.1) is 27.3 Å². The maximum atomic E-state index is 13.2. The van der Waals surface area contributed by atoms with Crippen LogP contribution in [0.15, 0.2) is 12.1 Å². The zero-order valence-corrected chi connectivity index (χ0v) is 7.58. The molecule has 0 bridgehead atoms. The second-order valence-electron chi connectivity index (χ2n) is 2.47. The van der Waals surface area contributed by atoms with E-state index in [0.717, 1.165) is 6.07 Å². The van der Waals surface area contributed by atoms with Crippen LogP contribution in [0.5, 0.6) is 0 Å². The highest BCUT2D eigenvalue weighted by atomic mass is 35.5. The standard InChI is InChI=1S/C8H4ClFN2O2/c9-3-6-1-5(4-11)2-7(8(6)10)12(13)14/h1-2H,3H2. The number of nitro groups is 1. The molecule has 0 saturated heterocycles. The molecule has 14 heavy (non-hydrogen) atoms. The van der Waals surface area contributed by atoms with Gasteiger partial charge in [-0.05, 0) is 6.07 Å². The van der Waals surface area contributed by atoms with Crippen molar-refractivity contribution in [2.75, 3.05) is 0 Å². The normalized spacial score (nSPS) is 9.50. The van der Waals surface area contributed by atoms with E-state index in [4.69, 9.17) is 16.9 Å². The third-order valence-corrected chi connectivity index (χ3v) is 1.89. The Morgan fingerprint density at radius 2 is 2.29 bits per heavy atom. The van der Waals surface area contributed by atoms with Crippen molar-refractivity contribution in [1.29, 1.82) is 5.26 Å². The molecule has 6 heteroatoms. The minimum absolute atomic E-state index is 0.0220. The summed E-state index contributed by atoms with van der Waals surface area (Å²) in [7, 11) is 0. The average molecular weight is 215 g/mol. The summed E-state index contributed by atoms with van der Waals surface area (Å²) >= 11 is 5.37. The summed E-state index contributed by atoms with van der Waals surface area (Å²) in [6.45, 7) is 0. The molecule has 72 valence electrons. The van der Waals surface area contributed by atoms with Crippen molar-refractivity contribution in [3.8, 4) is 6.07 Å². The molecule has 0 spiro atoms. The predicted octanol–water partition coefficient (Wildman–Crippen LogP) is 2.34. The van der Waals surface area contributed by atoms with Crippen LogP contribution in [0.1, 0.15) is 11.1 Å². The van der Waals surface area contributed by atoms with E-state index < -0.39 is 16.4 Å². The summed E-state index contributed by atoms with van der Waals surface area (Å²) in [6, 6.07) is 3.76. The fourth-order valence-electron chi connectivity index (χ4n) is 0.963. The van der Waals surface area contributed by atoms with E-state index in [1.807, 2.05) is 0 Å². The molecule has 0 atom stereocenters. The van der Waals surface area contributed by atoms with Gasteiger partial charge in [0, 0.05) is 11.6 Å². The van der Waals surface area contributed by atoms with Crippen LogP contribution in [0.2, 0.25) is 0 Å². The monoisotopic (exact) mass is 214 g/mol. The molecule has 0 aromatic heterocycles. The van der Waals surface area contributed by atoms with E-state index in [2.05, 4.69) is 0 Å². The van der Waals surface area contributed by atoms with Crippen molar-refractivity contribution in [3.05, 3.63) is 39.2 Å². The van der Waals surface area contributed by atoms with Gasteiger partial charge < -0.3 is 0 Å². The van der Waals surface area contributed by atoms with E-state index in [9.17, 15) is 14.5 Å². The molecule has 4 nitrogen and oxygen atoms in total. The molecule has 1 aromatic rings. The molecule has 1 rings (SSSR count).